The second-order valence-electron chi connectivity index (χ2n) is 5.33. The van der Waals surface area contributed by atoms with Gasteiger partial charge in [-0.2, -0.15) is 0 Å². The molecule has 1 N–H and O–H groups in total. The zero-order valence-corrected chi connectivity index (χ0v) is 11.6. The molecule has 0 amide bonds. The fourth-order valence-corrected chi connectivity index (χ4v) is 2.81. The van der Waals surface area contributed by atoms with Gasteiger partial charge in [0.15, 0.2) is 0 Å². The molecule has 1 aliphatic rings. The summed E-state index contributed by atoms with van der Waals surface area (Å²) in [6, 6.07) is 0.325. The van der Waals surface area contributed by atoms with Crippen LogP contribution in [-0.2, 0) is 4.74 Å². The van der Waals surface area contributed by atoms with Crippen LogP contribution in [0.4, 0.5) is 5.95 Å². The number of methoxy groups -OCH3 is 1. The van der Waals surface area contributed by atoms with Gasteiger partial charge in [-0.15, -0.1) is 0 Å². The van der Waals surface area contributed by atoms with Crippen LogP contribution in [0.2, 0.25) is 0 Å². The average molecular weight is 251 g/mol. The first kappa shape index (κ1) is 13.4. The maximum Gasteiger partial charge on any atom is 0.203 e. The highest BCUT2D eigenvalue weighted by molar-refractivity contribution is 5.26. The van der Waals surface area contributed by atoms with Crippen LogP contribution in [0.15, 0.2) is 12.4 Å². The Hall–Kier alpha value is -1.03. The third kappa shape index (κ3) is 3.48. The maximum absolute atomic E-state index is 5.19. The predicted octanol–water partition coefficient (Wildman–Crippen LogP) is 3.08. The van der Waals surface area contributed by atoms with E-state index in [9.17, 15) is 0 Å². The van der Waals surface area contributed by atoms with Gasteiger partial charge in [0.1, 0.15) is 0 Å². The van der Waals surface area contributed by atoms with Gasteiger partial charge in [-0.1, -0.05) is 25.7 Å². The quantitative estimate of drug-likeness (QED) is 0.809. The predicted molar refractivity (Wildman–Crippen MR) is 73.9 cm³/mol. The second-order valence-corrected chi connectivity index (χ2v) is 5.33. The molecule has 18 heavy (non-hydrogen) atoms. The first-order chi connectivity index (χ1) is 8.81. The third-order valence-electron chi connectivity index (χ3n) is 3.86. The van der Waals surface area contributed by atoms with E-state index in [-0.39, 0.29) is 0 Å². The topological polar surface area (TPSA) is 39.1 Å². The lowest BCUT2D eigenvalue weighted by Crippen LogP contribution is -2.16. The summed E-state index contributed by atoms with van der Waals surface area (Å²) in [6.07, 6.45) is 10.8. The van der Waals surface area contributed by atoms with E-state index in [2.05, 4.69) is 21.8 Å². The van der Waals surface area contributed by atoms with E-state index in [0.717, 1.165) is 18.4 Å². The normalized spacial score (nSPS) is 18.1. The molecule has 0 aliphatic heterocycles. The van der Waals surface area contributed by atoms with Crippen LogP contribution in [0.25, 0.3) is 0 Å². The molecular formula is C14H25N3O. The third-order valence-corrected chi connectivity index (χ3v) is 3.86. The van der Waals surface area contributed by atoms with E-state index in [1.165, 1.54) is 32.1 Å². The standard InChI is InChI=1S/C14H25N3O/c1-12(11-18-2)17-10-9-16-14(17)15-8-7-13-5-3-4-6-13/h9-10,12-13H,3-8,11H2,1-2H3,(H,15,16). The maximum atomic E-state index is 5.19. The Bertz CT molecular complexity index is 345. The molecule has 0 aromatic carbocycles. The minimum absolute atomic E-state index is 0.325. The molecule has 0 saturated heterocycles. The number of ether oxygens (including phenoxy) is 1. The van der Waals surface area contributed by atoms with Gasteiger partial charge in [0.05, 0.1) is 12.6 Å². The van der Waals surface area contributed by atoms with Gasteiger partial charge in [0.2, 0.25) is 5.95 Å². The number of anilines is 1. The molecular weight excluding hydrogens is 226 g/mol. The van der Waals surface area contributed by atoms with Crippen LogP contribution in [0, 0.1) is 5.92 Å². The van der Waals surface area contributed by atoms with Crippen molar-refractivity contribution >= 4 is 5.95 Å². The highest BCUT2D eigenvalue weighted by atomic mass is 16.5. The van der Waals surface area contributed by atoms with Crippen molar-refractivity contribution in [1.29, 1.82) is 0 Å². The molecule has 1 aliphatic carbocycles. The first-order valence-electron chi connectivity index (χ1n) is 7.07. The molecule has 1 saturated carbocycles. The fraction of sp³-hybridized carbons (Fsp3) is 0.786. The summed E-state index contributed by atoms with van der Waals surface area (Å²) in [6.45, 7) is 3.89. The van der Waals surface area contributed by atoms with Crippen LogP contribution in [0.5, 0.6) is 0 Å². The average Bonchev–Trinajstić information content (AvgIpc) is 3.00. The molecule has 0 bridgehead atoms. The van der Waals surface area contributed by atoms with E-state index in [1.807, 2.05) is 12.4 Å². The van der Waals surface area contributed by atoms with Crippen LogP contribution >= 0.6 is 0 Å². The summed E-state index contributed by atoms with van der Waals surface area (Å²) >= 11 is 0. The lowest BCUT2D eigenvalue weighted by Gasteiger charge is -2.17. The zero-order valence-electron chi connectivity index (χ0n) is 11.6. The molecule has 1 atom stereocenters. The van der Waals surface area contributed by atoms with Gasteiger partial charge < -0.3 is 14.6 Å². The molecule has 0 spiro atoms. The van der Waals surface area contributed by atoms with Gasteiger partial charge in [0.25, 0.3) is 0 Å². The largest absolute Gasteiger partial charge is 0.383 e. The van der Waals surface area contributed by atoms with Crippen molar-refractivity contribution in [1.82, 2.24) is 9.55 Å². The molecule has 1 fully saturated rings. The second kappa shape index (κ2) is 6.78. The molecule has 4 nitrogen and oxygen atoms in total. The summed E-state index contributed by atoms with van der Waals surface area (Å²) in [5.41, 5.74) is 0. The molecule has 4 heteroatoms. The number of nitrogens with one attached hydrogen (secondary N) is 1. The Morgan fingerprint density at radius 1 is 1.50 bits per heavy atom. The molecule has 2 rings (SSSR count). The first-order valence-corrected chi connectivity index (χ1v) is 7.07. The van der Waals surface area contributed by atoms with Gasteiger partial charge in [-0.3, -0.25) is 0 Å². The Kier molecular flexibility index (Phi) is 5.05. The Morgan fingerprint density at radius 2 is 2.28 bits per heavy atom. The van der Waals surface area contributed by atoms with E-state index in [0.29, 0.717) is 12.6 Å². The van der Waals surface area contributed by atoms with Crippen molar-refractivity contribution in [2.24, 2.45) is 5.92 Å². The summed E-state index contributed by atoms with van der Waals surface area (Å²) < 4.78 is 7.34. The minimum Gasteiger partial charge on any atom is -0.383 e. The van der Waals surface area contributed by atoms with Crippen molar-refractivity contribution in [3.05, 3.63) is 12.4 Å². The number of rotatable bonds is 7. The van der Waals surface area contributed by atoms with Gasteiger partial charge >= 0.3 is 0 Å². The van der Waals surface area contributed by atoms with Crippen molar-refractivity contribution < 1.29 is 4.74 Å². The van der Waals surface area contributed by atoms with Gasteiger partial charge in [-0.25, -0.2) is 4.98 Å². The number of imidazole rings is 1. The van der Waals surface area contributed by atoms with E-state index < -0.39 is 0 Å². The van der Waals surface area contributed by atoms with Gasteiger partial charge in [0, 0.05) is 26.0 Å². The SMILES string of the molecule is COCC(C)n1ccnc1NCCC1CCCC1. The van der Waals surface area contributed by atoms with E-state index in [4.69, 9.17) is 4.74 Å². The van der Waals surface area contributed by atoms with Crippen molar-refractivity contribution in [3.63, 3.8) is 0 Å². The molecule has 0 radical (unpaired) electrons. The highest BCUT2D eigenvalue weighted by Gasteiger charge is 2.15. The van der Waals surface area contributed by atoms with Crippen LogP contribution in [0.3, 0.4) is 0 Å². The monoisotopic (exact) mass is 251 g/mol. The van der Waals surface area contributed by atoms with Crippen LogP contribution in [0.1, 0.15) is 45.1 Å². The number of aromatic nitrogens is 2. The smallest absolute Gasteiger partial charge is 0.203 e. The Morgan fingerprint density at radius 3 is 3.00 bits per heavy atom. The summed E-state index contributed by atoms with van der Waals surface area (Å²) in [5, 5.41) is 3.46. The summed E-state index contributed by atoms with van der Waals surface area (Å²) in [4.78, 5) is 4.38. The molecule has 1 aromatic rings. The van der Waals surface area contributed by atoms with E-state index >= 15 is 0 Å². The van der Waals surface area contributed by atoms with Crippen LogP contribution < -0.4 is 5.32 Å². The molecule has 1 heterocycles. The minimum atomic E-state index is 0.325. The zero-order chi connectivity index (χ0) is 12.8. The molecule has 1 unspecified atom stereocenters. The van der Waals surface area contributed by atoms with Crippen molar-refractivity contribution in [2.75, 3.05) is 25.6 Å². The van der Waals surface area contributed by atoms with Crippen LogP contribution in [-0.4, -0.2) is 29.8 Å². The lowest BCUT2D eigenvalue weighted by molar-refractivity contribution is 0.163. The van der Waals surface area contributed by atoms with E-state index in [1.54, 1.807) is 7.11 Å². The van der Waals surface area contributed by atoms with Gasteiger partial charge in [-0.05, 0) is 19.3 Å². The Balaban J connectivity index is 1.79. The highest BCUT2D eigenvalue weighted by Crippen LogP contribution is 2.27. The fourth-order valence-electron chi connectivity index (χ4n) is 2.81. The number of hydrogen-bond donors (Lipinski definition) is 1. The molecule has 1 aromatic heterocycles. The lowest BCUT2D eigenvalue weighted by atomic mass is 10.0. The van der Waals surface area contributed by atoms with Crippen molar-refractivity contribution in [2.45, 2.75) is 45.1 Å². The number of hydrogen-bond acceptors (Lipinski definition) is 3. The van der Waals surface area contributed by atoms with Crippen molar-refractivity contribution in [3.8, 4) is 0 Å². The number of nitrogens with zero attached hydrogens (tertiary/aromatic N) is 2. The Labute approximate surface area is 110 Å². The summed E-state index contributed by atoms with van der Waals surface area (Å²) in [7, 11) is 1.74. The summed E-state index contributed by atoms with van der Waals surface area (Å²) in [5.74, 6) is 1.90. The molecule has 102 valence electrons.